The number of nitrogens with zero attached hydrogens (tertiary/aromatic N) is 7. The number of carbonyl (C=O) groups is 6. The second-order valence-corrected chi connectivity index (χ2v) is 21.8. The maximum atomic E-state index is 13.7. The van der Waals surface area contributed by atoms with E-state index in [9.17, 15) is 28.8 Å². The van der Waals surface area contributed by atoms with Gasteiger partial charge in [0.05, 0.1) is 12.6 Å². The molecule has 0 saturated carbocycles. The van der Waals surface area contributed by atoms with Crippen LogP contribution in [0, 0.1) is 0 Å². The van der Waals surface area contributed by atoms with E-state index < -0.39 is 23.1 Å². The van der Waals surface area contributed by atoms with Gasteiger partial charge in [-0.3, -0.25) is 39.4 Å². The van der Waals surface area contributed by atoms with Crippen LogP contribution in [0.25, 0.3) is 11.4 Å². The summed E-state index contributed by atoms with van der Waals surface area (Å²) in [5, 5.41) is 16.8. The average molecular weight is 1100 g/mol. The highest BCUT2D eigenvalue weighted by atomic mass is 16.6. The number of ether oxygens (including phenoxy) is 4. The van der Waals surface area contributed by atoms with Crippen molar-refractivity contribution in [1.82, 2.24) is 45.5 Å². The summed E-state index contributed by atoms with van der Waals surface area (Å²) in [5.74, 6) is 0.726. The second kappa shape index (κ2) is 25.9. The Balaban J connectivity index is 0.629. The van der Waals surface area contributed by atoms with E-state index in [1.807, 2.05) is 105 Å². The Labute approximate surface area is 466 Å². The molecule has 0 radical (unpaired) electrons. The zero-order valence-corrected chi connectivity index (χ0v) is 46.2. The number of hydrogen-bond donors (Lipinski definition) is 4. The Hall–Kier alpha value is -7.91. The molecule has 3 saturated heterocycles. The van der Waals surface area contributed by atoms with Crippen molar-refractivity contribution in [2.24, 2.45) is 0 Å². The summed E-state index contributed by atoms with van der Waals surface area (Å²) < 4.78 is 23.2. The number of unbranched alkanes of at least 4 members (excludes halogenated alkanes) is 2. The van der Waals surface area contributed by atoms with Crippen LogP contribution in [0.1, 0.15) is 123 Å². The molecule has 4 N–H and O–H groups in total. The van der Waals surface area contributed by atoms with Crippen molar-refractivity contribution in [3.05, 3.63) is 119 Å². The maximum absolute atomic E-state index is 13.7. The summed E-state index contributed by atoms with van der Waals surface area (Å²) in [4.78, 5) is 93.1. The predicted molar refractivity (Wildman–Crippen MR) is 298 cm³/mol. The van der Waals surface area contributed by atoms with Crippen LogP contribution in [0.5, 0.6) is 5.75 Å². The third-order valence-corrected chi connectivity index (χ3v) is 14.9. The van der Waals surface area contributed by atoms with Crippen LogP contribution in [0.15, 0.2) is 91.3 Å². The van der Waals surface area contributed by atoms with Gasteiger partial charge in [-0.05, 0) is 144 Å². The molecule has 6 heterocycles. The van der Waals surface area contributed by atoms with E-state index in [4.69, 9.17) is 23.9 Å². The lowest BCUT2D eigenvalue weighted by Gasteiger charge is -2.41. The van der Waals surface area contributed by atoms with Crippen molar-refractivity contribution in [3.8, 4) is 17.1 Å². The molecule has 5 aromatic rings. The van der Waals surface area contributed by atoms with Gasteiger partial charge in [0, 0.05) is 113 Å². The first-order chi connectivity index (χ1) is 38.6. The number of nitrogens with one attached hydrogen (secondary N) is 4. The number of piperidine rings is 2. The fourth-order valence-electron chi connectivity index (χ4n) is 10.4. The molecule has 6 amide bonds. The topological polar surface area (TPSA) is 243 Å². The molecule has 80 heavy (non-hydrogen) atoms. The lowest BCUT2D eigenvalue weighted by molar-refractivity contribution is -0.137. The van der Waals surface area contributed by atoms with Gasteiger partial charge in [0.25, 0.3) is 11.8 Å². The Bertz CT molecular complexity index is 2970. The number of likely N-dealkylation sites (tertiary alicyclic amines) is 1. The van der Waals surface area contributed by atoms with Crippen LogP contribution < -0.4 is 25.6 Å². The zero-order valence-electron chi connectivity index (χ0n) is 46.2. The van der Waals surface area contributed by atoms with Gasteiger partial charge in [-0.1, -0.05) is 18.2 Å². The summed E-state index contributed by atoms with van der Waals surface area (Å²) in [7, 11) is 0. The van der Waals surface area contributed by atoms with Gasteiger partial charge in [-0.15, -0.1) is 0 Å². The highest BCUT2D eigenvalue weighted by Crippen LogP contribution is 2.37. The number of pyridine rings is 1. The number of aromatic nitrogens is 4. The van der Waals surface area contributed by atoms with Crippen LogP contribution in [-0.2, 0) is 40.7 Å². The summed E-state index contributed by atoms with van der Waals surface area (Å²) in [5.41, 5.74) is 4.04. The molecule has 3 fully saturated rings. The van der Waals surface area contributed by atoms with E-state index in [0.29, 0.717) is 121 Å². The molecule has 21 nitrogen and oxygen atoms in total. The van der Waals surface area contributed by atoms with Gasteiger partial charge in [-0.25, -0.2) is 9.78 Å². The molecule has 9 rings (SSSR count). The summed E-state index contributed by atoms with van der Waals surface area (Å²) in [6.07, 6.45) is 8.02. The molecule has 21 heteroatoms. The van der Waals surface area contributed by atoms with Crippen molar-refractivity contribution in [3.63, 3.8) is 0 Å². The van der Waals surface area contributed by atoms with Crippen molar-refractivity contribution in [2.75, 3.05) is 82.5 Å². The molecule has 2 atom stereocenters. The van der Waals surface area contributed by atoms with E-state index in [1.54, 1.807) is 28.3 Å². The van der Waals surface area contributed by atoms with Crippen molar-refractivity contribution in [1.29, 1.82) is 0 Å². The van der Waals surface area contributed by atoms with Gasteiger partial charge >= 0.3 is 6.09 Å². The van der Waals surface area contributed by atoms with Gasteiger partial charge in [0.1, 0.15) is 29.5 Å². The summed E-state index contributed by atoms with van der Waals surface area (Å²) >= 11 is 0. The number of amides is 6. The monoisotopic (exact) mass is 1100 g/mol. The molecule has 1 unspecified atom stereocenters. The van der Waals surface area contributed by atoms with Crippen LogP contribution in [0.4, 0.5) is 16.2 Å². The number of hydrogen-bond acceptors (Lipinski definition) is 15. The Kier molecular flexibility index (Phi) is 18.4. The molecule has 0 aliphatic carbocycles. The van der Waals surface area contributed by atoms with E-state index >= 15 is 0 Å². The number of H-pyrrole nitrogens is 1. The molecule has 2 aromatic heterocycles. The normalized spacial score (nSPS) is 17.6. The fourth-order valence-corrected chi connectivity index (χ4v) is 10.4. The lowest BCUT2D eigenvalue weighted by Crippen LogP contribution is -2.52. The largest absolute Gasteiger partial charge is 0.494 e. The van der Waals surface area contributed by atoms with Crippen LogP contribution in [-0.4, -0.2) is 154 Å². The number of fused-ring (bicyclic) bond motifs is 1. The van der Waals surface area contributed by atoms with Crippen LogP contribution in [0.3, 0.4) is 0 Å². The quantitative estimate of drug-likeness (QED) is 0.0413. The van der Waals surface area contributed by atoms with Crippen molar-refractivity contribution in [2.45, 2.75) is 109 Å². The smallest absolute Gasteiger partial charge is 0.410 e. The SMILES string of the molecule is C[C@@H](NC(=O)c1cccc(NC2(c3nc(-c4ccncc4)n[nH]3)CCN(C(=O)OC(C)(C)C)CC2)c1)c1ccc(OCCCCCOCCCOCC(=O)N2CCN(c3ccc4c(c3)CN(C3CCC(=O)NC3=O)C4=O)CC2)cc1. The first kappa shape index (κ1) is 56.8. The third-order valence-electron chi connectivity index (χ3n) is 14.9. The Morgan fingerprint density at radius 3 is 2.30 bits per heavy atom. The van der Waals surface area contributed by atoms with Crippen molar-refractivity contribution >= 4 is 47.0 Å². The van der Waals surface area contributed by atoms with Crippen LogP contribution >= 0.6 is 0 Å². The predicted octanol–water partition coefficient (Wildman–Crippen LogP) is 6.78. The highest BCUT2D eigenvalue weighted by Gasteiger charge is 2.42. The minimum Gasteiger partial charge on any atom is -0.494 e. The third kappa shape index (κ3) is 14.5. The van der Waals surface area contributed by atoms with E-state index in [-0.39, 0.29) is 48.8 Å². The van der Waals surface area contributed by atoms with Gasteiger partial charge in [0.2, 0.25) is 17.7 Å². The van der Waals surface area contributed by atoms with Crippen LogP contribution in [0.2, 0.25) is 0 Å². The maximum Gasteiger partial charge on any atom is 0.410 e. The Morgan fingerprint density at radius 2 is 1.55 bits per heavy atom. The fraction of sp³-hybridized carbons (Fsp3) is 0.475. The number of anilines is 2. The molecular formula is C59H73N11O10. The first-order valence-corrected chi connectivity index (χ1v) is 27.8. The van der Waals surface area contributed by atoms with E-state index in [1.165, 1.54) is 0 Å². The van der Waals surface area contributed by atoms with E-state index in [0.717, 1.165) is 53.1 Å². The summed E-state index contributed by atoms with van der Waals surface area (Å²) in [6, 6.07) is 23.6. The molecule has 4 aliphatic heterocycles. The Morgan fingerprint density at radius 1 is 0.812 bits per heavy atom. The number of rotatable bonds is 22. The second-order valence-electron chi connectivity index (χ2n) is 21.8. The molecule has 0 spiro atoms. The average Bonchev–Trinajstić information content (AvgIpc) is 4.10. The van der Waals surface area contributed by atoms with E-state index in [2.05, 4.69) is 36.0 Å². The van der Waals surface area contributed by atoms with Gasteiger partial charge < -0.3 is 49.2 Å². The lowest BCUT2D eigenvalue weighted by atomic mass is 9.86. The molecule has 0 bridgehead atoms. The summed E-state index contributed by atoms with van der Waals surface area (Å²) in [6.45, 7) is 13.3. The van der Waals surface area contributed by atoms with Gasteiger partial charge in [0.15, 0.2) is 11.6 Å². The number of imide groups is 1. The molecule has 424 valence electrons. The first-order valence-electron chi connectivity index (χ1n) is 27.8. The standard InChI is InChI=1S/C59H73N11O10/c1-40(61-53(73)43-10-8-11-45(36-43)64-59(22-26-69(27-23-59)57(76)80-58(2,3)4)56-63-52(65-66-56)42-20-24-60-25-21-42)41-12-15-47(16-13-41)79-35-7-5-6-32-77-33-9-34-78-39-51(72)68-30-28-67(29-31-68)46-14-17-48-44(37-46)38-70(55(48)75)49-18-19-50(71)62-54(49)74/h8,10-17,20-21,24-25,36-37,40,49,64H,5-7,9,18-19,22-23,26-35,38-39H2,1-4H3,(H,61,73)(H,62,71,74)(H,63,65,66)/t40-,49?/m1/s1. The number of aromatic amines is 1. The van der Waals surface area contributed by atoms with Crippen molar-refractivity contribution < 1.29 is 47.7 Å². The highest BCUT2D eigenvalue weighted by molar-refractivity contribution is 6.05. The zero-order chi connectivity index (χ0) is 56.2. The number of benzene rings is 3. The minimum absolute atomic E-state index is 0.0232. The molecule has 4 aliphatic rings. The molecular weight excluding hydrogens is 1020 g/mol. The number of piperazine rings is 1. The minimum atomic E-state index is -0.724. The van der Waals surface area contributed by atoms with Gasteiger partial charge in [-0.2, -0.15) is 5.10 Å². The number of carbonyl (C=O) groups excluding carboxylic acids is 6. The molecule has 3 aromatic carbocycles.